The molecule has 2 aliphatic heterocycles. The number of halogens is 3. The predicted molar refractivity (Wildman–Crippen MR) is 213 cm³/mol. The number of carbonyl (C=O) groups is 5. The third kappa shape index (κ3) is 12.9. The van der Waals surface area contributed by atoms with Gasteiger partial charge in [-0.15, -0.1) is 0 Å². The standard InChI is InChI=1S/C39H52Cl3N5O9/c1-23(2)31(32(48)43-25(4)33(49)47-19-10-11-29(46-47)34(50)53-22-39(40,41)42)55-35(51)38(17-8-9-20-54-38)18-16-26-12-13-27-14-15-28(45-30(27)21-26)24(3)44-36(52)56-37(5,6)7/h12-16,18,21,23-25,29,31,46H,8-11,17,19-20,22H2,1-7H3,(H,43,48)(H,44,52). The number of ether oxygens (including phenoxy) is 4. The van der Waals surface area contributed by atoms with Crippen molar-refractivity contribution in [3.63, 3.8) is 0 Å². The number of hydrogen-bond donors (Lipinski definition) is 3. The van der Waals surface area contributed by atoms with Crippen LogP contribution in [0.3, 0.4) is 0 Å². The van der Waals surface area contributed by atoms with Crippen molar-refractivity contribution in [3.05, 3.63) is 47.7 Å². The fourth-order valence-electron chi connectivity index (χ4n) is 6.13. The first-order valence-electron chi connectivity index (χ1n) is 18.7. The van der Waals surface area contributed by atoms with E-state index >= 15 is 0 Å². The Morgan fingerprint density at radius 1 is 1.04 bits per heavy atom. The maximum atomic E-state index is 14.0. The number of rotatable bonds is 12. The summed E-state index contributed by atoms with van der Waals surface area (Å²) >= 11 is 17.0. The Morgan fingerprint density at radius 3 is 2.39 bits per heavy atom. The summed E-state index contributed by atoms with van der Waals surface area (Å²) in [5, 5.41) is 7.60. The number of esters is 2. The van der Waals surface area contributed by atoms with E-state index in [4.69, 9.17) is 58.7 Å². The number of alkyl carbamates (subject to hydrolysis) is 1. The number of nitrogens with one attached hydrogen (secondary N) is 3. The summed E-state index contributed by atoms with van der Waals surface area (Å²) in [6.07, 6.45) is 4.29. The lowest BCUT2D eigenvalue weighted by molar-refractivity contribution is -0.181. The number of carbonyl (C=O) groups excluding carboxylic acids is 5. The number of benzene rings is 1. The third-order valence-electron chi connectivity index (χ3n) is 9.05. The van der Waals surface area contributed by atoms with Gasteiger partial charge in [-0.1, -0.05) is 72.9 Å². The van der Waals surface area contributed by atoms with Crippen LogP contribution < -0.4 is 16.1 Å². The molecule has 0 aliphatic carbocycles. The number of alkyl halides is 3. The summed E-state index contributed by atoms with van der Waals surface area (Å²) in [5.41, 5.74) is 2.80. The Bertz CT molecular complexity index is 1770. The molecule has 308 valence electrons. The van der Waals surface area contributed by atoms with E-state index in [0.717, 1.165) is 17.4 Å². The second-order valence-electron chi connectivity index (χ2n) is 15.4. The Morgan fingerprint density at radius 2 is 1.75 bits per heavy atom. The maximum absolute atomic E-state index is 14.0. The molecule has 56 heavy (non-hydrogen) atoms. The second-order valence-corrected chi connectivity index (χ2v) is 17.9. The van der Waals surface area contributed by atoms with E-state index in [1.807, 2.05) is 37.3 Å². The monoisotopic (exact) mass is 839 g/mol. The number of hydrazine groups is 1. The summed E-state index contributed by atoms with van der Waals surface area (Å²) in [6, 6.07) is 7.11. The molecule has 0 saturated carbocycles. The van der Waals surface area contributed by atoms with Crippen molar-refractivity contribution < 1.29 is 42.9 Å². The quantitative estimate of drug-likeness (QED) is 0.125. The molecule has 1 aromatic carbocycles. The van der Waals surface area contributed by atoms with E-state index in [0.29, 0.717) is 43.5 Å². The Kier molecular flexibility index (Phi) is 15.4. The first-order chi connectivity index (χ1) is 26.2. The van der Waals surface area contributed by atoms with E-state index in [-0.39, 0.29) is 6.54 Å². The highest BCUT2D eigenvalue weighted by molar-refractivity contribution is 6.67. The van der Waals surface area contributed by atoms with Gasteiger partial charge in [0.05, 0.1) is 17.3 Å². The predicted octanol–water partition coefficient (Wildman–Crippen LogP) is 6.25. The molecule has 2 aromatic rings. The van der Waals surface area contributed by atoms with Crippen LogP contribution in [0.1, 0.15) is 97.9 Å². The molecule has 5 unspecified atom stereocenters. The molecule has 5 atom stereocenters. The van der Waals surface area contributed by atoms with Gasteiger partial charge in [0.15, 0.2) is 11.7 Å². The number of aromatic nitrogens is 1. The minimum absolute atomic E-state index is 0.279. The molecule has 3 N–H and O–H groups in total. The van der Waals surface area contributed by atoms with Crippen LogP contribution in [0.15, 0.2) is 36.4 Å². The van der Waals surface area contributed by atoms with E-state index in [1.165, 1.54) is 11.9 Å². The lowest BCUT2D eigenvalue weighted by Crippen LogP contribution is -2.60. The summed E-state index contributed by atoms with van der Waals surface area (Å²) in [6.45, 7) is 12.3. The molecule has 4 rings (SSSR count). The Hall–Kier alpha value is -3.69. The van der Waals surface area contributed by atoms with Gasteiger partial charge in [-0.05, 0) is 96.4 Å². The Labute approximate surface area is 342 Å². The lowest BCUT2D eigenvalue weighted by atomic mass is 9.92. The highest BCUT2D eigenvalue weighted by atomic mass is 35.6. The van der Waals surface area contributed by atoms with E-state index in [2.05, 4.69) is 16.1 Å². The summed E-state index contributed by atoms with van der Waals surface area (Å²) in [4.78, 5) is 70.5. The molecule has 3 amide bonds. The van der Waals surface area contributed by atoms with Crippen LogP contribution >= 0.6 is 34.8 Å². The zero-order chi connectivity index (χ0) is 41.4. The molecule has 17 heteroatoms. The highest BCUT2D eigenvalue weighted by Crippen LogP contribution is 2.31. The van der Waals surface area contributed by atoms with Crippen LogP contribution in [0.4, 0.5) is 4.79 Å². The van der Waals surface area contributed by atoms with Crippen molar-refractivity contribution in [2.24, 2.45) is 5.92 Å². The molecule has 2 aliphatic rings. The van der Waals surface area contributed by atoms with Crippen molar-refractivity contribution in [2.75, 3.05) is 19.8 Å². The molecule has 14 nitrogen and oxygen atoms in total. The summed E-state index contributed by atoms with van der Waals surface area (Å²) in [7, 11) is 0. The van der Waals surface area contributed by atoms with Gasteiger partial charge in [-0.3, -0.25) is 24.4 Å². The van der Waals surface area contributed by atoms with Gasteiger partial charge in [-0.25, -0.2) is 15.0 Å². The molecular formula is C39H52Cl3N5O9. The Balaban J connectivity index is 1.44. The summed E-state index contributed by atoms with van der Waals surface area (Å²) < 4.78 is 20.6. The topological polar surface area (TPSA) is 174 Å². The minimum Gasteiger partial charge on any atom is -0.460 e. The largest absolute Gasteiger partial charge is 0.460 e. The number of amides is 3. The van der Waals surface area contributed by atoms with Crippen LogP contribution in [0.5, 0.6) is 0 Å². The van der Waals surface area contributed by atoms with Crippen LogP contribution in [0.25, 0.3) is 17.0 Å². The van der Waals surface area contributed by atoms with E-state index in [1.54, 1.807) is 46.8 Å². The third-order valence-corrected chi connectivity index (χ3v) is 9.38. The van der Waals surface area contributed by atoms with Crippen LogP contribution in [0.2, 0.25) is 0 Å². The fraction of sp³-hybridized carbons (Fsp3) is 0.590. The number of nitrogens with zero attached hydrogens (tertiary/aromatic N) is 2. The average Bonchev–Trinajstić information content (AvgIpc) is 3.13. The van der Waals surface area contributed by atoms with Gasteiger partial charge >= 0.3 is 18.0 Å². The second kappa shape index (κ2) is 19.2. The molecule has 1 aromatic heterocycles. The number of pyridine rings is 1. The fourth-order valence-corrected chi connectivity index (χ4v) is 6.29. The molecule has 0 bridgehead atoms. The van der Waals surface area contributed by atoms with Crippen molar-refractivity contribution in [2.45, 2.75) is 120 Å². The summed E-state index contributed by atoms with van der Waals surface area (Å²) in [5.74, 6) is -3.03. The van der Waals surface area contributed by atoms with Gasteiger partial charge in [0.25, 0.3) is 11.8 Å². The first-order valence-corrected chi connectivity index (χ1v) is 19.9. The SMILES string of the molecule is CC(NC(=O)C(OC(=O)C1(C=Cc2ccc3ccc(C(C)NC(=O)OC(C)(C)C)nc3c2)CCCCO1)C(C)C)C(=O)N1CCCC(C(=O)OCC(Cl)(Cl)Cl)N1. The highest BCUT2D eigenvalue weighted by Gasteiger charge is 2.43. The van der Waals surface area contributed by atoms with Gasteiger partial charge in [-0.2, -0.15) is 0 Å². The molecule has 0 spiro atoms. The zero-order valence-corrected chi connectivity index (χ0v) is 35.1. The maximum Gasteiger partial charge on any atom is 0.408 e. The molecular weight excluding hydrogens is 789 g/mol. The lowest BCUT2D eigenvalue weighted by Gasteiger charge is -2.35. The average molecular weight is 841 g/mol. The minimum atomic E-state index is -1.78. The smallest absolute Gasteiger partial charge is 0.408 e. The van der Waals surface area contributed by atoms with E-state index in [9.17, 15) is 24.0 Å². The van der Waals surface area contributed by atoms with Crippen molar-refractivity contribution in [1.29, 1.82) is 0 Å². The zero-order valence-electron chi connectivity index (χ0n) is 32.8. The van der Waals surface area contributed by atoms with Gasteiger partial charge in [0.1, 0.15) is 24.3 Å². The molecule has 0 radical (unpaired) electrons. The van der Waals surface area contributed by atoms with Crippen molar-refractivity contribution >= 4 is 81.6 Å². The van der Waals surface area contributed by atoms with Crippen molar-refractivity contribution in [3.8, 4) is 0 Å². The van der Waals surface area contributed by atoms with Crippen molar-refractivity contribution in [1.82, 2.24) is 26.1 Å². The molecule has 3 heterocycles. The van der Waals surface area contributed by atoms with Crippen LogP contribution in [-0.4, -0.2) is 92.8 Å². The first kappa shape index (κ1) is 45.0. The van der Waals surface area contributed by atoms with Crippen LogP contribution in [-0.2, 0) is 38.1 Å². The van der Waals surface area contributed by atoms with Gasteiger partial charge in [0.2, 0.25) is 3.79 Å². The van der Waals surface area contributed by atoms with Gasteiger partial charge < -0.3 is 29.6 Å². The normalized spacial score (nSPS) is 20.9. The van der Waals surface area contributed by atoms with Crippen LogP contribution in [0, 0.1) is 5.92 Å². The number of fused-ring (bicyclic) bond motifs is 1. The molecule has 2 fully saturated rings. The van der Waals surface area contributed by atoms with E-state index < -0.39 is 81.6 Å². The molecule has 2 saturated heterocycles. The van der Waals surface area contributed by atoms with Gasteiger partial charge in [0, 0.05) is 18.5 Å². The number of hydrogen-bond acceptors (Lipinski definition) is 11.